The second-order valence-corrected chi connectivity index (χ2v) is 7.60. The van der Waals surface area contributed by atoms with Gasteiger partial charge < -0.3 is 5.32 Å². The molecule has 1 amide bonds. The minimum Gasteiger partial charge on any atom is -0.325 e. The van der Waals surface area contributed by atoms with Crippen molar-refractivity contribution in [3.05, 3.63) is 44.4 Å². The Labute approximate surface area is 140 Å². The molecule has 0 spiro atoms. The Morgan fingerprint density at radius 1 is 1.25 bits per heavy atom. The van der Waals surface area contributed by atoms with Crippen LogP contribution in [0, 0.1) is 11.3 Å². The normalized spacial score (nSPS) is 21.4. The highest BCUT2D eigenvalue weighted by Crippen LogP contribution is 2.63. The summed E-state index contributed by atoms with van der Waals surface area (Å²) in [5, 5.41) is 2.66. The maximum atomic E-state index is 12.5. The van der Waals surface area contributed by atoms with Gasteiger partial charge in [-0.1, -0.05) is 6.58 Å². The maximum Gasteiger partial charge on any atom is 0.331 e. The number of amides is 1. The Balaban J connectivity index is 1.64. The summed E-state index contributed by atoms with van der Waals surface area (Å²) in [7, 11) is 1.48. The number of hydrogen-bond acceptors (Lipinski definition) is 3. The Morgan fingerprint density at radius 3 is 2.58 bits per heavy atom. The van der Waals surface area contributed by atoms with Crippen LogP contribution in [0.5, 0.6) is 0 Å². The van der Waals surface area contributed by atoms with Gasteiger partial charge >= 0.3 is 5.69 Å². The molecule has 3 aliphatic rings. The summed E-state index contributed by atoms with van der Waals surface area (Å²) < 4.78 is 2.60. The fourth-order valence-electron chi connectivity index (χ4n) is 4.24. The van der Waals surface area contributed by atoms with Crippen molar-refractivity contribution in [1.82, 2.24) is 14.5 Å². The monoisotopic (exact) mass is 329 g/mol. The molecule has 0 bridgehead atoms. The molecule has 2 heterocycles. The van der Waals surface area contributed by atoms with E-state index in [9.17, 15) is 14.4 Å². The van der Waals surface area contributed by atoms with Gasteiger partial charge in [-0.2, -0.15) is 0 Å². The highest BCUT2D eigenvalue weighted by atomic mass is 16.2. The molecular formula is C18H23N3O3. The van der Waals surface area contributed by atoms with Crippen LogP contribution in [0.25, 0.3) is 0 Å². The molecule has 2 fully saturated rings. The molecule has 1 aliphatic heterocycles. The summed E-state index contributed by atoms with van der Waals surface area (Å²) in [6.07, 6.45) is 7.57. The van der Waals surface area contributed by atoms with Crippen LogP contribution < -0.4 is 16.6 Å². The van der Waals surface area contributed by atoms with Crippen LogP contribution in [0.4, 0.5) is 0 Å². The van der Waals surface area contributed by atoms with E-state index in [1.165, 1.54) is 37.3 Å². The number of fused-ring (bicyclic) bond motifs is 1. The first kappa shape index (κ1) is 15.4. The lowest BCUT2D eigenvalue weighted by Crippen LogP contribution is -2.47. The van der Waals surface area contributed by atoms with Gasteiger partial charge in [0.25, 0.3) is 11.5 Å². The Bertz CT molecular complexity index is 853. The summed E-state index contributed by atoms with van der Waals surface area (Å²) in [4.78, 5) is 37.2. The van der Waals surface area contributed by atoms with Crippen molar-refractivity contribution in [2.75, 3.05) is 0 Å². The molecule has 0 aromatic carbocycles. The van der Waals surface area contributed by atoms with Crippen molar-refractivity contribution in [3.63, 3.8) is 0 Å². The quantitative estimate of drug-likeness (QED) is 0.885. The summed E-state index contributed by atoms with van der Waals surface area (Å²) in [6, 6.07) is 0. The van der Waals surface area contributed by atoms with Gasteiger partial charge in [-0.25, -0.2) is 4.79 Å². The van der Waals surface area contributed by atoms with E-state index in [0.717, 1.165) is 23.3 Å². The van der Waals surface area contributed by atoms with Crippen molar-refractivity contribution < 1.29 is 4.79 Å². The SMILES string of the molecule is C=C1Cc2c(n(CCCC3(C4CC4)CC3)c(=O)n(C)c2=O)C(=O)N1. The minimum atomic E-state index is -0.405. The van der Waals surface area contributed by atoms with E-state index in [1.807, 2.05) is 0 Å². The largest absolute Gasteiger partial charge is 0.331 e. The van der Waals surface area contributed by atoms with E-state index in [1.54, 1.807) is 0 Å². The number of nitrogens with zero attached hydrogens (tertiary/aromatic N) is 2. The van der Waals surface area contributed by atoms with Crippen molar-refractivity contribution in [3.8, 4) is 0 Å². The van der Waals surface area contributed by atoms with Gasteiger partial charge in [-0.05, 0) is 49.9 Å². The van der Waals surface area contributed by atoms with Crippen LogP contribution in [-0.4, -0.2) is 15.0 Å². The fraction of sp³-hybridized carbons (Fsp3) is 0.611. The maximum absolute atomic E-state index is 12.5. The number of nitrogens with one attached hydrogen (secondary N) is 1. The fourth-order valence-corrected chi connectivity index (χ4v) is 4.24. The number of rotatable bonds is 5. The average molecular weight is 329 g/mol. The van der Waals surface area contributed by atoms with Gasteiger partial charge in [-0.15, -0.1) is 0 Å². The Hall–Kier alpha value is -2.11. The van der Waals surface area contributed by atoms with E-state index in [0.29, 0.717) is 29.6 Å². The topological polar surface area (TPSA) is 73.1 Å². The molecular weight excluding hydrogens is 306 g/mol. The molecule has 1 aromatic heterocycles. The van der Waals surface area contributed by atoms with E-state index in [2.05, 4.69) is 11.9 Å². The van der Waals surface area contributed by atoms with Crippen LogP contribution in [0.1, 0.15) is 54.6 Å². The zero-order chi connectivity index (χ0) is 17.1. The van der Waals surface area contributed by atoms with Gasteiger partial charge in [0.05, 0.1) is 5.56 Å². The third kappa shape index (κ3) is 2.36. The minimum absolute atomic E-state index is 0.228. The molecule has 128 valence electrons. The van der Waals surface area contributed by atoms with Crippen molar-refractivity contribution in [2.45, 2.75) is 51.5 Å². The smallest absolute Gasteiger partial charge is 0.325 e. The molecule has 1 aromatic rings. The summed E-state index contributed by atoms with van der Waals surface area (Å²) in [6.45, 7) is 4.24. The summed E-state index contributed by atoms with van der Waals surface area (Å²) in [5.41, 5.74) is 0.832. The molecule has 6 nitrogen and oxygen atoms in total. The summed E-state index contributed by atoms with van der Waals surface area (Å²) in [5.74, 6) is 0.495. The number of allylic oxidation sites excluding steroid dienone is 1. The molecule has 0 unspecified atom stereocenters. The standard InChI is InChI=1S/C18H23N3O3/c1-11-10-13-14(15(22)19-11)21(17(24)20(2)16(13)23)9-3-6-18(7-8-18)12-4-5-12/h12H,1,3-10H2,2H3,(H,19,22). The van der Waals surface area contributed by atoms with Crippen LogP contribution in [0.2, 0.25) is 0 Å². The molecule has 0 radical (unpaired) electrons. The Morgan fingerprint density at radius 2 is 1.96 bits per heavy atom. The van der Waals surface area contributed by atoms with Crippen LogP contribution >= 0.6 is 0 Å². The highest BCUT2D eigenvalue weighted by molar-refractivity contribution is 5.96. The summed E-state index contributed by atoms with van der Waals surface area (Å²) >= 11 is 0. The first-order valence-electron chi connectivity index (χ1n) is 8.75. The highest BCUT2D eigenvalue weighted by Gasteiger charge is 2.52. The molecule has 0 saturated heterocycles. The zero-order valence-corrected chi connectivity index (χ0v) is 14.1. The number of aromatic nitrogens is 2. The lowest BCUT2D eigenvalue weighted by molar-refractivity contribution is 0.0946. The first-order chi connectivity index (χ1) is 11.4. The number of carbonyl (C=O) groups is 1. The number of carbonyl (C=O) groups excluding carboxylic acids is 1. The average Bonchev–Trinajstić information content (AvgIpc) is 3.41. The molecule has 0 atom stereocenters. The van der Waals surface area contributed by atoms with E-state index in [4.69, 9.17) is 0 Å². The Kier molecular flexibility index (Phi) is 3.34. The predicted octanol–water partition coefficient (Wildman–Crippen LogP) is 1.32. The van der Waals surface area contributed by atoms with Gasteiger partial charge in [0, 0.05) is 25.7 Å². The van der Waals surface area contributed by atoms with E-state index >= 15 is 0 Å². The van der Waals surface area contributed by atoms with Gasteiger partial charge in [0.1, 0.15) is 5.69 Å². The van der Waals surface area contributed by atoms with Crippen LogP contribution in [-0.2, 0) is 20.0 Å². The predicted molar refractivity (Wildman–Crippen MR) is 89.9 cm³/mol. The molecule has 24 heavy (non-hydrogen) atoms. The first-order valence-corrected chi connectivity index (χ1v) is 8.75. The third-order valence-electron chi connectivity index (χ3n) is 5.92. The van der Waals surface area contributed by atoms with E-state index in [-0.39, 0.29) is 17.2 Å². The molecule has 2 saturated carbocycles. The zero-order valence-electron chi connectivity index (χ0n) is 14.1. The molecule has 1 N–H and O–H groups in total. The lowest BCUT2D eigenvalue weighted by atomic mass is 9.94. The lowest BCUT2D eigenvalue weighted by Gasteiger charge is -2.23. The molecule has 6 heteroatoms. The van der Waals surface area contributed by atoms with E-state index < -0.39 is 5.69 Å². The third-order valence-corrected chi connectivity index (χ3v) is 5.92. The van der Waals surface area contributed by atoms with Crippen molar-refractivity contribution in [2.24, 2.45) is 18.4 Å². The van der Waals surface area contributed by atoms with Gasteiger partial charge in [0.2, 0.25) is 0 Å². The van der Waals surface area contributed by atoms with Crippen molar-refractivity contribution in [1.29, 1.82) is 0 Å². The van der Waals surface area contributed by atoms with Crippen LogP contribution in [0.15, 0.2) is 21.9 Å². The van der Waals surface area contributed by atoms with Crippen molar-refractivity contribution >= 4 is 5.91 Å². The van der Waals surface area contributed by atoms with Gasteiger partial charge in [-0.3, -0.25) is 18.7 Å². The second-order valence-electron chi connectivity index (χ2n) is 7.60. The number of hydrogen-bond donors (Lipinski definition) is 1. The molecule has 2 aliphatic carbocycles. The second kappa shape index (κ2) is 5.19. The van der Waals surface area contributed by atoms with Gasteiger partial charge in [0.15, 0.2) is 0 Å². The molecule has 4 rings (SSSR count). The van der Waals surface area contributed by atoms with Crippen LogP contribution in [0.3, 0.4) is 0 Å².